The number of nitrogens with one attached hydrogen (secondary N) is 1. The molecule has 0 aromatic heterocycles. The van der Waals surface area contributed by atoms with Crippen molar-refractivity contribution in [2.24, 2.45) is 5.92 Å². The van der Waals surface area contributed by atoms with Crippen LogP contribution in [0.4, 0.5) is 0 Å². The van der Waals surface area contributed by atoms with Gasteiger partial charge in [0.15, 0.2) is 0 Å². The van der Waals surface area contributed by atoms with E-state index in [9.17, 15) is 9.59 Å². The molecule has 0 aliphatic carbocycles. The molecular weight excluding hydrogens is 206 g/mol. The van der Waals surface area contributed by atoms with Gasteiger partial charge in [0.1, 0.15) is 5.78 Å². The number of hydrogen-bond donors (Lipinski definition) is 1. The topological polar surface area (TPSA) is 55.4 Å². The van der Waals surface area contributed by atoms with Crippen molar-refractivity contribution in [2.75, 3.05) is 19.8 Å². The molecule has 0 aromatic carbocycles. The van der Waals surface area contributed by atoms with E-state index in [1.807, 2.05) is 20.8 Å². The van der Waals surface area contributed by atoms with E-state index in [0.717, 1.165) is 13.0 Å². The number of hydrogen-bond acceptors (Lipinski definition) is 3. The van der Waals surface area contributed by atoms with Gasteiger partial charge in [0.25, 0.3) is 0 Å². The summed E-state index contributed by atoms with van der Waals surface area (Å²) in [5.41, 5.74) is 0. The van der Waals surface area contributed by atoms with Gasteiger partial charge in [-0.3, -0.25) is 9.59 Å². The van der Waals surface area contributed by atoms with Crippen molar-refractivity contribution in [1.82, 2.24) is 5.32 Å². The van der Waals surface area contributed by atoms with E-state index in [2.05, 4.69) is 5.32 Å². The Labute approximate surface area is 97.7 Å². The fourth-order valence-electron chi connectivity index (χ4n) is 1.12. The third kappa shape index (κ3) is 8.41. The predicted molar refractivity (Wildman–Crippen MR) is 63.2 cm³/mol. The van der Waals surface area contributed by atoms with Gasteiger partial charge in [0.05, 0.1) is 6.61 Å². The van der Waals surface area contributed by atoms with Crippen LogP contribution in [0.5, 0.6) is 0 Å². The van der Waals surface area contributed by atoms with Crippen LogP contribution < -0.4 is 5.32 Å². The molecule has 94 valence electrons. The third-order valence-corrected chi connectivity index (χ3v) is 2.16. The van der Waals surface area contributed by atoms with Gasteiger partial charge in [-0.2, -0.15) is 0 Å². The molecule has 0 bridgehead atoms. The quantitative estimate of drug-likeness (QED) is 0.610. The van der Waals surface area contributed by atoms with Crippen LogP contribution in [0.2, 0.25) is 0 Å². The Bertz CT molecular complexity index is 214. The molecule has 0 aromatic rings. The monoisotopic (exact) mass is 229 g/mol. The molecule has 0 atom stereocenters. The van der Waals surface area contributed by atoms with Gasteiger partial charge >= 0.3 is 0 Å². The molecule has 1 amide bonds. The second kappa shape index (κ2) is 9.33. The molecule has 0 fully saturated rings. The molecule has 0 saturated heterocycles. The van der Waals surface area contributed by atoms with E-state index < -0.39 is 0 Å². The maximum absolute atomic E-state index is 11.3. The van der Waals surface area contributed by atoms with Crippen molar-refractivity contribution < 1.29 is 14.3 Å². The molecule has 0 aliphatic rings. The molecule has 4 heteroatoms. The molecule has 0 saturated carbocycles. The number of rotatable bonds is 9. The number of Topliss-reactive ketones (excluding diaryl/α,β-unsaturated/α-hetero) is 1. The largest absolute Gasteiger partial charge is 0.380 e. The van der Waals surface area contributed by atoms with Crippen LogP contribution in [0.3, 0.4) is 0 Å². The summed E-state index contributed by atoms with van der Waals surface area (Å²) in [6.07, 6.45) is 1.60. The maximum Gasteiger partial charge on any atom is 0.220 e. The number of carbonyl (C=O) groups is 2. The molecule has 0 aliphatic heterocycles. The van der Waals surface area contributed by atoms with E-state index in [1.54, 1.807) is 0 Å². The lowest BCUT2D eigenvalue weighted by Crippen LogP contribution is -2.28. The van der Waals surface area contributed by atoms with Crippen molar-refractivity contribution in [3.63, 3.8) is 0 Å². The molecule has 4 nitrogen and oxygen atoms in total. The van der Waals surface area contributed by atoms with Crippen LogP contribution in [0.25, 0.3) is 0 Å². The summed E-state index contributed by atoms with van der Waals surface area (Å²) >= 11 is 0. The second-order valence-corrected chi connectivity index (χ2v) is 4.08. The van der Waals surface area contributed by atoms with Crippen LogP contribution in [0.15, 0.2) is 0 Å². The average molecular weight is 229 g/mol. The zero-order valence-electron chi connectivity index (χ0n) is 10.5. The van der Waals surface area contributed by atoms with E-state index >= 15 is 0 Å². The Hall–Kier alpha value is -0.900. The minimum Gasteiger partial charge on any atom is -0.380 e. The highest BCUT2D eigenvalue weighted by Crippen LogP contribution is 2.01. The van der Waals surface area contributed by atoms with Gasteiger partial charge < -0.3 is 10.1 Å². The Morgan fingerprint density at radius 3 is 2.44 bits per heavy atom. The first-order valence-corrected chi connectivity index (χ1v) is 5.95. The van der Waals surface area contributed by atoms with E-state index in [1.165, 1.54) is 0 Å². The van der Waals surface area contributed by atoms with E-state index in [0.29, 0.717) is 19.6 Å². The van der Waals surface area contributed by atoms with E-state index in [-0.39, 0.29) is 24.0 Å². The molecule has 0 rings (SSSR count). The highest BCUT2D eigenvalue weighted by atomic mass is 16.5. The summed E-state index contributed by atoms with van der Waals surface area (Å²) in [6, 6.07) is 0. The van der Waals surface area contributed by atoms with Gasteiger partial charge in [0.2, 0.25) is 5.91 Å². The first-order chi connectivity index (χ1) is 7.57. The smallest absolute Gasteiger partial charge is 0.220 e. The minimum atomic E-state index is -0.0749. The summed E-state index contributed by atoms with van der Waals surface area (Å²) < 4.78 is 5.22. The normalized spacial score (nSPS) is 10.5. The minimum absolute atomic E-state index is 0.0145. The molecule has 1 N–H and O–H groups in total. The highest BCUT2D eigenvalue weighted by molar-refractivity contribution is 5.85. The average Bonchev–Trinajstić information content (AvgIpc) is 2.25. The number of carbonyl (C=O) groups excluding carboxylic acids is 2. The van der Waals surface area contributed by atoms with Crippen molar-refractivity contribution in [2.45, 2.75) is 40.0 Å². The van der Waals surface area contributed by atoms with E-state index in [4.69, 9.17) is 4.74 Å². The number of ketones is 1. The van der Waals surface area contributed by atoms with Crippen LogP contribution >= 0.6 is 0 Å². The van der Waals surface area contributed by atoms with Crippen LogP contribution in [-0.4, -0.2) is 31.4 Å². The second-order valence-electron chi connectivity index (χ2n) is 4.08. The fourth-order valence-corrected chi connectivity index (χ4v) is 1.12. The van der Waals surface area contributed by atoms with Gasteiger partial charge in [-0.15, -0.1) is 0 Å². The van der Waals surface area contributed by atoms with Gasteiger partial charge in [0, 0.05) is 31.9 Å². The SMILES string of the molecule is CCCOCCNC(=O)CCC(=O)C(C)C. The molecule has 16 heavy (non-hydrogen) atoms. The first kappa shape index (κ1) is 15.1. The first-order valence-electron chi connectivity index (χ1n) is 5.95. The summed E-state index contributed by atoms with van der Waals surface area (Å²) in [5, 5.41) is 2.72. The molecular formula is C12H23NO3. The summed E-state index contributed by atoms with van der Waals surface area (Å²) in [5.74, 6) is 0.0761. The maximum atomic E-state index is 11.3. The molecule has 0 spiro atoms. The zero-order chi connectivity index (χ0) is 12.4. The standard InChI is InChI=1S/C12H23NO3/c1-4-8-16-9-7-13-12(15)6-5-11(14)10(2)3/h10H,4-9H2,1-3H3,(H,13,15). The van der Waals surface area contributed by atoms with Crippen molar-refractivity contribution in [3.05, 3.63) is 0 Å². The number of amides is 1. The van der Waals surface area contributed by atoms with Crippen molar-refractivity contribution in [1.29, 1.82) is 0 Å². The summed E-state index contributed by atoms with van der Waals surface area (Å²) in [4.78, 5) is 22.5. The zero-order valence-corrected chi connectivity index (χ0v) is 10.5. The Balaban J connectivity index is 3.41. The highest BCUT2D eigenvalue weighted by Gasteiger charge is 2.09. The lowest BCUT2D eigenvalue weighted by molar-refractivity contribution is -0.126. The third-order valence-electron chi connectivity index (χ3n) is 2.16. The Kier molecular flexibility index (Phi) is 8.81. The summed E-state index contributed by atoms with van der Waals surface area (Å²) in [6.45, 7) is 7.52. The van der Waals surface area contributed by atoms with Crippen molar-refractivity contribution >= 4 is 11.7 Å². The Morgan fingerprint density at radius 2 is 1.88 bits per heavy atom. The van der Waals surface area contributed by atoms with Gasteiger partial charge in [-0.1, -0.05) is 20.8 Å². The predicted octanol–water partition coefficient (Wildman–Crippen LogP) is 1.53. The molecule has 0 radical (unpaired) electrons. The molecule has 0 unspecified atom stereocenters. The molecule has 0 heterocycles. The number of ether oxygens (including phenoxy) is 1. The van der Waals surface area contributed by atoms with Crippen molar-refractivity contribution in [3.8, 4) is 0 Å². The lowest BCUT2D eigenvalue weighted by atomic mass is 10.0. The Morgan fingerprint density at radius 1 is 1.19 bits per heavy atom. The van der Waals surface area contributed by atoms with Crippen LogP contribution in [0.1, 0.15) is 40.0 Å². The van der Waals surface area contributed by atoms with Crippen LogP contribution in [0, 0.1) is 5.92 Å². The van der Waals surface area contributed by atoms with Gasteiger partial charge in [-0.05, 0) is 6.42 Å². The van der Waals surface area contributed by atoms with Gasteiger partial charge in [-0.25, -0.2) is 0 Å². The fraction of sp³-hybridized carbons (Fsp3) is 0.833. The van der Waals surface area contributed by atoms with Crippen LogP contribution in [-0.2, 0) is 14.3 Å². The lowest BCUT2D eigenvalue weighted by Gasteiger charge is -2.06. The summed E-state index contributed by atoms with van der Waals surface area (Å²) in [7, 11) is 0.